The number of nitrogens with zero attached hydrogens (tertiary/aromatic N) is 2. The Morgan fingerprint density at radius 2 is 2.25 bits per heavy atom. The van der Waals surface area contributed by atoms with Crippen LogP contribution < -0.4 is 15.5 Å². The van der Waals surface area contributed by atoms with Gasteiger partial charge in [-0.3, -0.25) is 14.6 Å². The van der Waals surface area contributed by atoms with Crippen LogP contribution in [0.1, 0.15) is 28.9 Å². The molecule has 122 valence electrons. The van der Waals surface area contributed by atoms with Crippen LogP contribution in [-0.2, 0) is 11.3 Å². The zero-order valence-corrected chi connectivity index (χ0v) is 13.2. The molecular formula is C18H18N4O2. The molecule has 2 N–H and O–H groups in total. The highest BCUT2D eigenvalue weighted by molar-refractivity contribution is 6.06. The largest absolute Gasteiger partial charge is 0.358 e. The Morgan fingerprint density at radius 1 is 1.33 bits per heavy atom. The minimum Gasteiger partial charge on any atom is -0.358 e. The summed E-state index contributed by atoms with van der Waals surface area (Å²) in [6.45, 7) is 1.26. The van der Waals surface area contributed by atoms with Crippen molar-refractivity contribution in [1.29, 1.82) is 0 Å². The van der Waals surface area contributed by atoms with Crippen LogP contribution in [0.4, 0.5) is 11.4 Å². The lowest BCUT2D eigenvalue weighted by Crippen LogP contribution is -2.44. The molecule has 0 saturated carbocycles. The van der Waals surface area contributed by atoms with Gasteiger partial charge in [0.25, 0.3) is 5.91 Å². The monoisotopic (exact) mass is 322 g/mol. The maximum absolute atomic E-state index is 12.3. The molecule has 4 rings (SSSR count). The maximum atomic E-state index is 12.3. The molecule has 0 aliphatic carbocycles. The summed E-state index contributed by atoms with van der Waals surface area (Å²) in [6, 6.07) is 11.0. The van der Waals surface area contributed by atoms with Crippen molar-refractivity contribution in [2.45, 2.75) is 25.4 Å². The van der Waals surface area contributed by atoms with Gasteiger partial charge in [-0.15, -0.1) is 0 Å². The van der Waals surface area contributed by atoms with E-state index in [4.69, 9.17) is 0 Å². The summed E-state index contributed by atoms with van der Waals surface area (Å²) in [6.07, 6.45) is 3.60. The number of benzene rings is 1. The summed E-state index contributed by atoms with van der Waals surface area (Å²) in [7, 11) is 0. The van der Waals surface area contributed by atoms with Crippen LogP contribution in [0.5, 0.6) is 0 Å². The zero-order chi connectivity index (χ0) is 16.5. The third kappa shape index (κ3) is 2.60. The van der Waals surface area contributed by atoms with Crippen LogP contribution in [0.3, 0.4) is 0 Å². The maximum Gasteiger partial charge on any atom is 0.251 e. The molecule has 0 spiro atoms. The summed E-state index contributed by atoms with van der Waals surface area (Å²) >= 11 is 0. The van der Waals surface area contributed by atoms with Crippen LogP contribution in [0.15, 0.2) is 42.6 Å². The fourth-order valence-electron chi connectivity index (χ4n) is 3.35. The average molecular weight is 322 g/mol. The van der Waals surface area contributed by atoms with Gasteiger partial charge >= 0.3 is 0 Å². The number of rotatable bonds is 3. The third-order valence-corrected chi connectivity index (χ3v) is 4.54. The van der Waals surface area contributed by atoms with Crippen molar-refractivity contribution >= 4 is 23.2 Å². The molecule has 1 fully saturated rings. The SMILES string of the molecule is O=C(NCc1ccccn1)c1ccc2c(c1)NC(=O)[C@H]1CCCN21. The van der Waals surface area contributed by atoms with Crippen molar-refractivity contribution in [2.75, 3.05) is 16.8 Å². The number of pyridine rings is 1. The van der Waals surface area contributed by atoms with E-state index in [0.717, 1.165) is 30.8 Å². The van der Waals surface area contributed by atoms with Gasteiger partial charge in [-0.05, 0) is 43.2 Å². The highest BCUT2D eigenvalue weighted by atomic mass is 16.2. The lowest BCUT2D eigenvalue weighted by molar-refractivity contribution is -0.117. The first-order valence-electron chi connectivity index (χ1n) is 8.12. The molecule has 6 heteroatoms. The molecule has 2 aliphatic heterocycles. The molecule has 1 aromatic heterocycles. The van der Waals surface area contributed by atoms with Gasteiger partial charge < -0.3 is 15.5 Å². The second-order valence-corrected chi connectivity index (χ2v) is 6.08. The quantitative estimate of drug-likeness (QED) is 0.905. The van der Waals surface area contributed by atoms with Gasteiger partial charge in [-0.2, -0.15) is 0 Å². The first kappa shape index (κ1) is 14.7. The second-order valence-electron chi connectivity index (χ2n) is 6.08. The Labute approximate surface area is 139 Å². The van der Waals surface area contributed by atoms with Gasteiger partial charge in [0, 0.05) is 18.3 Å². The summed E-state index contributed by atoms with van der Waals surface area (Å²) in [5.41, 5.74) is 3.04. The fourth-order valence-corrected chi connectivity index (χ4v) is 3.35. The molecule has 0 unspecified atom stereocenters. The smallest absolute Gasteiger partial charge is 0.251 e. The number of carbonyl (C=O) groups excluding carboxylic acids is 2. The molecule has 1 aromatic carbocycles. The second kappa shape index (κ2) is 5.96. The van der Waals surface area contributed by atoms with Gasteiger partial charge in [-0.25, -0.2) is 0 Å². The van der Waals surface area contributed by atoms with E-state index in [1.807, 2.05) is 24.3 Å². The summed E-state index contributed by atoms with van der Waals surface area (Å²) in [5, 5.41) is 5.78. The van der Waals surface area contributed by atoms with E-state index in [1.165, 1.54) is 0 Å². The number of fused-ring (bicyclic) bond motifs is 3. The minimum atomic E-state index is -0.179. The number of aromatic nitrogens is 1. The number of anilines is 2. The van der Waals surface area contributed by atoms with Crippen LogP contribution in [0.2, 0.25) is 0 Å². The number of carbonyl (C=O) groups is 2. The summed E-state index contributed by atoms with van der Waals surface area (Å²) in [5.74, 6) is -0.160. The minimum absolute atomic E-state index is 0.0195. The number of hydrogen-bond acceptors (Lipinski definition) is 4. The van der Waals surface area contributed by atoms with Crippen molar-refractivity contribution in [2.24, 2.45) is 0 Å². The number of amides is 2. The van der Waals surface area contributed by atoms with Crippen molar-refractivity contribution in [1.82, 2.24) is 10.3 Å². The molecule has 2 amide bonds. The Bertz CT molecular complexity index is 791. The molecule has 0 bridgehead atoms. The van der Waals surface area contributed by atoms with E-state index in [-0.39, 0.29) is 17.9 Å². The lowest BCUT2D eigenvalue weighted by atomic mass is 10.1. The number of nitrogens with one attached hydrogen (secondary N) is 2. The molecule has 2 aromatic rings. The van der Waals surface area contributed by atoms with Gasteiger partial charge in [0.1, 0.15) is 6.04 Å². The number of hydrogen-bond donors (Lipinski definition) is 2. The van der Waals surface area contributed by atoms with Crippen LogP contribution >= 0.6 is 0 Å². The van der Waals surface area contributed by atoms with Crippen molar-refractivity contribution in [3.63, 3.8) is 0 Å². The highest BCUT2D eigenvalue weighted by Crippen LogP contribution is 2.37. The van der Waals surface area contributed by atoms with Crippen molar-refractivity contribution in [3.8, 4) is 0 Å². The molecular weight excluding hydrogens is 304 g/mol. The van der Waals surface area contributed by atoms with Crippen LogP contribution in [0.25, 0.3) is 0 Å². The van der Waals surface area contributed by atoms with E-state index in [1.54, 1.807) is 18.3 Å². The zero-order valence-electron chi connectivity index (χ0n) is 13.2. The molecule has 1 saturated heterocycles. The van der Waals surface area contributed by atoms with Crippen LogP contribution in [-0.4, -0.2) is 29.4 Å². The lowest BCUT2D eigenvalue weighted by Gasteiger charge is -2.33. The molecule has 24 heavy (non-hydrogen) atoms. The van der Waals surface area contributed by atoms with Crippen molar-refractivity contribution < 1.29 is 9.59 Å². The molecule has 6 nitrogen and oxygen atoms in total. The van der Waals surface area contributed by atoms with E-state index in [0.29, 0.717) is 17.8 Å². The molecule has 1 atom stereocenters. The van der Waals surface area contributed by atoms with E-state index in [2.05, 4.69) is 20.5 Å². The first-order valence-corrected chi connectivity index (χ1v) is 8.12. The highest BCUT2D eigenvalue weighted by Gasteiger charge is 2.36. The van der Waals surface area contributed by atoms with Gasteiger partial charge in [0.2, 0.25) is 5.91 Å². The molecule has 3 heterocycles. The van der Waals surface area contributed by atoms with Crippen LogP contribution in [0, 0.1) is 0 Å². The standard InChI is InChI=1S/C18H18N4O2/c23-17(20-11-13-4-1-2-8-19-13)12-6-7-15-14(10-12)21-18(24)16-5-3-9-22(15)16/h1-2,4,6-8,10,16H,3,5,9,11H2,(H,20,23)(H,21,24)/t16-/m1/s1. The van der Waals surface area contributed by atoms with Crippen molar-refractivity contribution in [3.05, 3.63) is 53.9 Å². The summed E-state index contributed by atoms with van der Waals surface area (Å²) < 4.78 is 0. The van der Waals surface area contributed by atoms with Gasteiger partial charge in [-0.1, -0.05) is 6.07 Å². The molecule has 2 aliphatic rings. The summed E-state index contributed by atoms with van der Waals surface area (Å²) in [4.78, 5) is 30.8. The normalized spacial score (nSPS) is 18.6. The Morgan fingerprint density at radius 3 is 3.08 bits per heavy atom. The van der Waals surface area contributed by atoms with E-state index in [9.17, 15) is 9.59 Å². The van der Waals surface area contributed by atoms with Gasteiger partial charge in [0.15, 0.2) is 0 Å². The molecule has 0 radical (unpaired) electrons. The topological polar surface area (TPSA) is 74.3 Å². The third-order valence-electron chi connectivity index (χ3n) is 4.54. The predicted octanol–water partition coefficient (Wildman–Crippen LogP) is 1.93. The first-order chi connectivity index (χ1) is 11.7. The fraction of sp³-hybridized carbons (Fsp3) is 0.278. The van der Waals surface area contributed by atoms with Gasteiger partial charge in [0.05, 0.1) is 23.6 Å². The Hall–Kier alpha value is -2.89. The predicted molar refractivity (Wildman–Crippen MR) is 90.8 cm³/mol. The van der Waals surface area contributed by atoms with E-state index >= 15 is 0 Å². The van der Waals surface area contributed by atoms with E-state index < -0.39 is 0 Å². The Balaban J connectivity index is 1.52. The average Bonchev–Trinajstić information content (AvgIpc) is 3.11. The Kier molecular flexibility index (Phi) is 3.65.